The maximum atomic E-state index is 13.1. The van der Waals surface area contributed by atoms with Gasteiger partial charge in [0.05, 0.1) is 5.69 Å². The summed E-state index contributed by atoms with van der Waals surface area (Å²) in [5, 5.41) is 2.06. The number of amides is 1. The Kier molecular flexibility index (Phi) is 4.59. The van der Waals surface area contributed by atoms with Gasteiger partial charge in [-0.05, 0) is 25.0 Å². The molecule has 1 aromatic heterocycles. The molecule has 0 aliphatic carbocycles. The first-order chi connectivity index (χ1) is 9.48. The second-order valence-corrected chi connectivity index (χ2v) is 4.62. The van der Waals surface area contributed by atoms with Crippen LogP contribution in [0.25, 0.3) is 0 Å². The number of carbonyl (C=O) groups excluding carboxylic acids is 1. The fourth-order valence-corrected chi connectivity index (χ4v) is 2.09. The number of hydrogen-bond donors (Lipinski definition) is 1. The van der Waals surface area contributed by atoms with Crippen LogP contribution in [0.15, 0.2) is 24.4 Å². The zero-order valence-electron chi connectivity index (χ0n) is 10.7. The summed E-state index contributed by atoms with van der Waals surface area (Å²) >= 11 is 0. The Hall–Kier alpha value is -1.63. The van der Waals surface area contributed by atoms with Gasteiger partial charge in [-0.15, -0.1) is 0 Å². The SMILES string of the molecule is O=C(N[C@H](c1ccccn1)C(F)(F)F)C1CCOCC1. The van der Waals surface area contributed by atoms with E-state index in [4.69, 9.17) is 4.74 Å². The summed E-state index contributed by atoms with van der Waals surface area (Å²) in [4.78, 5) is 15.6. The molecule has 0 aromatic carbocycles. The Bertz CT molecular complexity index is 445. The molecule has 2 heterocycles. The highest BCUT2D eigenvalue weighted by molar-refractivity contribution is 5.79. The van der Waals surface area contributed by atoms with Gasteiger partial charge < -0.3 is 10.1 Å². The lowest BCUT2D eigenvalue weighted by molar-refractivity contribution is -0.166. The van der Waals surface area contributed by atoms with Crippen molar-refractivity contribution >= 4 is 5.91 Å². The topological polar surface area (TPSA) is 51.2 Å². The minimum atomic E-state index is -4.57. The molecule has 1 aliphatic rings. The van der Waals surface area contributed by atoms with Gasteiger partial charge in [0.2, 0.25) is 5.91 Å². The molecule has 110 valence electrons. The van der Waals surface area contributed by atoms with Gasteiger partial charge in [-0.2, -0.15) is 13.2 Å². The molecule has 7 heteroatoms. The first-order valence-electron chi connectivity index (χ1n) is 6.34. The number of aromatic nitrogens is 1. The van der Waals surface area contributed by atoms with E-state index in [0.717, 1.165) is 0 Å². The van der Waals surface area contributed by atoms with Crippen LogP contribution < -0.4 is 5.32 Å². The van der Waals surface area contributed by atoms with Gasteiger partial charge in [0.1, 0.15) is 0 Å². The van der Waals surface area contributed by atoms with Gasteiger partial charge in [-0.3, -0.25) is 9.78 Å². The number of nitrogens with one attached hydrogen (secondary N) is 1. The van der Waals surface area contributed by atoms with E-state index in [1.54, 1.807) is 0 Å². The van der Waals surface area contributed by atoms with Crippen molar-refractivity contribution in [2.45, 2.75) is 25.1 Å². The Morgan fingerprint density at radius 2 is 2.05 bits per heavy atom. The summed E-state index contributed by atoms with van der Waals surface area (Å²) in [6.45, 7) is 0.802. The van der Waals surface area contributed by atoms with Crippen LogP contribution in [-0.2, 0) is 9.53 Å². The number of hydrogen-bond acceptors (Lipinski definition) is 3. The molecule has 1 amide bonds. The average Bonchev–Trinajstić information content (AvgIpc) is 2.45. The van der Waals surface area contributed by atoms with Gasteiger partial charge >= 0.3 is 6.18 Å². The fraction of sp³-hybridized carbons (Fsp3) is 0.538. The van der Waals surface area contributed by atoms with Crippen LogP contribution in [0.5, 0.6) is 0 Å². The van der Waals surface area contributed by atoms with E-state index in [0.29, 0.717) is 26.1 Å². The number of carbonyl (C=O) groups is 1. The van der Waals surface area contributed by atoms with Crippen LogP contribution in [0.4, 0.5) is 13.2 Å². The third-order valence-corrected chi connectivity index (χ3v) is 3.19. The Balaban J connectivity index is 2.10. The van der Waals surface area contributed by atoms with E-state index in [9.17, 15) is 18.0 Å². The van der Waals surface area contributed by atoms with Gasteiger partial charge in [-0.1, -0.05) is 6.07 Å². The summed E-state index contributed by atoms with van der Waals surface area (Å²) in [5.74, 6) is -1.03. The lowest BCUT2D eigenvalue weighted by Gasteiger charge is -2.26. The molecule has 4 nitrogen and oxygen atoms in total. The standard InChI is InChI=1S/C13H15F3N2O2/c14-13(15,16)11(10-3-1-2-6-17-10)18-12(19)9-4-7-20-8-5-9/h1-3,6,9,11H,4-5,7-8H2,(H,18,19)/t11-/m1/s1. The third-order valence-electron chi connectivity index (χ3n) is 3.19. The summed E-state index contributed by atoms with van der Waals surface area (Å²) in [7, 11) is 0. The Morgan fingerprint density at radius 3 is 2.60 bits per heavy atom. The van der Waals surface area contributed by atoms with E-state index in [-0.39, 0.29) is 5.69 Å². The average molecular weight is 288 g/mol. The molecule has 0 spiro atoms. The molecule has 0 bridgehead atoms. The zero-order valence-corrected chi connectivity index (χ0v) is 10.7. The summed E-state index contributed by atoms with van der Waals surface area (Å²) in [6.07, 6.45) is -2.42. The van der Waals surface area contributed by atoms with Gasteiger partial charge in [0.25, 0.3) is 0 Å². The van der Waals surface area contributed by atoms with Gasteiger partial charge in [0.15, 0.2) is 6.04 Å². The minimum absolute atomic E-state index is 0.208. The molecular weight excluding hydrogens is 273 g/mol. The smallest absolute Gasteiger partial charge is 0.381 e. The lowest BCUT2D eigenvalue weighted by atomic mass is 9.98. The molecule has 0 saturated carbocycles. The van der Waals surface area contributed by atoms with Crippen LogP contribution in [0, 0.1) is 5.92 Å². The largest absolute Gasteiger partial charge is 0.414 e. The van der Waals surface area contributed by atoms with Crippen molar-refractivity contribution < 1.29 is 22.7 Å². The maximum absolute atomic E-state index is 13.1. The molecule has 0 radical (unpaired) electrons. The lowest BCUT2D eigenvalue weighted by Crippen LogP contribution is -2.42. The monoisotopic (exact) mass is 288 g/mol. The van der Waals surface area contributed by atoms with Gasteiger partial charge in [0, 0.05) is 25.3 Å². The number of ether oxygens (including phenoxy) is 1. The van der Waals surface area contributed by atoms with Crippen molar-refractivity contribution in [3.8, 4) is 0 Å². The number of rotatable bonds is 3. The van der Waals surface area contributed by atoms with E-state index >= 15 is 0 Å². The Morgan fingerprint density at radius 1 is 1.35 bits per heavy atom. The first kappa shape index (κ1) is 14.8. The number of halogens is 3. The highest BCUT2D eigenvalue weighted by Gasteiger charge is 2.43. The van der Waals surface area contributed by atoms with Crippen molar-refractivity contribution in [2.75, 3.05) is 13.2 Å². The van der Waals surface area contributed by atoms with E-state index in [1.165, 1.54) is 24.4 Å². The summed E-state index contributed by atoms with van der Waals surface area (Å²) < 4.78 is 44.3. The van der Waals surface area contributed by atoms with E-state index in [1.807, 2.05) is 0 Å². The Labute approximate surface area is 114 Å². The summed E-state index contributed by atoms with van der Waals surface area (Å²) in [6, 6.07) is 2.17. The van der Waals surface area contributed by atoms with E-state index < -0.39 is 24.0 Å². The van der Waals surface area contributed by atoms with E-state index in [2.05, 4.69) is 10.3 Å². The normalized spacial score (nSPS) is 18.6. The highest BCUT2D eigenvalue weighted by atomic mass is 19.4. The summed E-state index contributed by atoms with van der Waals surface area (Å²) in [5.41, 5.74) is -0.208. The fourth-order valence-electron chi connectivity index (χ4n) is 2.09. The van der Waals surface area contributed by atoms with Crippen LogP contribution in [0.2, 0.25) is 0 Å². The third kappa shape index (κ3) is 3.69. The predicted molar refractivity (Wildman–Crippen MR) is 64.7 cm³/mol. The molecule has 1 aromatic rings. The van der Waals surface area contributed by atoms with Crippen LogP contribution >= 0.6 is 0 Å². The van der Waals surface area contributed by atoms with Gasteiger partial charge in [-0.25, -0.2) is 0 Å². The molecule has 1 fully saturated rings. The molecular formula is C13H15F3N2O2. The predicted octanol–water partition coefficient (Wildman–Crippen LogP) is 2.23. The number of nitrogens with zero attached hydrogens (tertiary/aromatic N) is 1. The van der Waals surface area contributed by atoms with Crippen molar-refractivity contribution in [1.82, 2.24) is 10.3 Å². The van der Waals surface area contributed by atoms with Crippen molar-refractivity contribution in [3.05, 3.63) is 30.1 Å². The second kappa shape index (κ2) is 6.21. The second-order valence-electron chi connectivity index (χ2n) is 4.62. The number of pyridine rings is 1. The first-order valence-corrected chi connectivity index (χ1v) is 6.34. The van der Waals surface area contributed by atoms with Crippen LogP contribution in [-0.4, -0.2) is 30.3 Å². The minimum Gasteiger partial charge on any atom is -0.381 e. The molecule has 1 N–H and O–H groups in total. The quantitative estimate of drug-likeness (QED) is 0.928. The molecule has 1 atom stereocenters. The van der Waals surface area contributed by atoms with Crippen LogP contribution in [0.1, 0.15) is 24.6 Å². The zero-order chi connectivity index (χ0) is 14.6. The molecule has 0 unspecified atom stereocenters. The molecule has 1 saturated heterocycles. The maximum Gasteiger partial charge on any atom is 0.414 e. The van der Waals surface area contributed by atoms with Crippen LogP contribution in [0.3, 0.4) is 0 Å². The number of alkyl halides is 3. The van der Waals surface area contributed by atoms with Crippen molar-refractivity contribution in [1.29, 1.82) is 0 Å². The van der Waals surface area contributed by atoms with Crippen molar-refractivity contribution in [2.24, 2.45) is 5.92 Å². The highest BCUT2D eigenvalue weighted by Crippen LogP contribution is 2.32. The molecule has 1 aliphatic heterocycles. The molecule has 2 rings (SSSR count). The van der Waals surface area contributed by atoms with Crippen molar-refractivity contribution in [3.63, 3.8) is 0 Å². The molecule has 20 heavy (non-hydrogen) atoms.